The van der Waals surface area contributed by atoms with Crippen LogP contribution in [0.5, 0.6) is 0 Å². The molecule has 0 spiro atoms. The first kappa shape index (κ1) is 8.89. The first-order chi connectivity index (χ1) is 4.57. The molecule has 0 aliphatic rings. The number of rotatable bonds is 3. The fraction of sp³-hybridized carbons (Fsp3) is 0.222. The Morgan fingerprint density at radius 2 is 1.90 bits per heavy atom. The maximum Gasteiger partial charge on any atom is 0.159 e. The minimum absolute atomic E-state index is 0.00111. The Balaban J connectivity index is 4.27. The van der Waals surface area contributed by atoms with E-state index < -0.39 is 0 Å². The van der Waals surface area contributed by atoms with E-state index in [2.05, 4.69) is 13.2 Å². The van der Waals surface area contributed by atoms with Gasteiger partial charge in [-0.25, -0.2) is 0 Å². The van der Waals surface area contributed by atoms with Gasteiger partial charge in [0.05, 0.1) is 0 Å². The smallest absolute Gasteiger partial charge is 0.159 e. The molecule has 0 fully saturated rings. The van der Waals surface area contributed by atoms with Crippen molar-refractivity contribution >= 4 is 5.78 Å². The zero-order valence-electron chi connectivity index (χ0n) is 6.48. The Bertz CT molecular complexity index is 197. The van der Waals surface area contributed by atoms with Gasteiger partial charge in [-0.2, -0.15) is 0 Å². The van der Waals surface area contributed by atoms with E-state index in [4.69, 9.17) is 0 Å². The summed E-state index contributed by atoms with van der Waals surface area (Å²) in [4.78, 5) is 10.6. The van der Waals surface area contributed by atoms with Crippen molar-refractivity contribution in [2.24, 2.45) is 0 Å². The molecule has 0 aromatic carbocycles. The van der Waals surface area contributed by atoms with Gasteiger partial charge in [0, 0.05) is 5.57 Å². The fourth-order valence-corrected chi connectivity index (χ4v) is 0.435. The second-order valence-corrected chi connectivity index (χ2v) is 2.17. The van der Waals surface area contributed by atoms with Crippen molar-refractivity contribution in [3.8, 4) is 0 Å². The molecule has 1 heteroatoms. The number of hydrogen-bond acceptors (Lipinski definition) is 1. The minimum atomic E-state index is 0.00111. The molecular weight excluding hydrogens is 124 g/mol. The molecule has 54 valence electrons. The number of carbonyl (C=O) groups excluding carboxylic acids is 1. The highest BCUT2D eigenvalue weighted by Crippen LogP contribution is 2.00. The molecule has 10 heavy (non-hydrogen) atoms. The highest BCUT2D eigenvalue weighted by molar-refractivity contribution is 5.95. The molecule has 0 aromatic heterocycles. The Morgan fingerprint density at radius 3 is 2.20 bits per heavy atom. The molecule has 0 amide bonds. The molecule has 0 bridgehead atoms. The highest BCUT2D eigenvalue weighted by atomic mass is 16.1. The number of carbonyl (C=O) groups is 1. The van der Waals surface area contributed by atoms with Gasteiger partial charge in [-0.15, -0.1) is 0 Å². The SMILES string of the molecule is C=C/C(C)=C\C(=C)C(C)=O. The molecule has 0 aromatic rings. The largest absolute Gasteiger partial charge is 0.295 e. The third kappa shape index (κ3) is 3.02. The summed E-state index contributed by atoms with van der Waals surface area (Å²) in [6.07, 6.45) is 3.41. The van der Waals surface area contributed by atoms with E-state index in [1.54, 1.807) is 12.2 Å². The summed E-state index contributed by atoms with van der Waals surface area (Å²) in [5.74, 6) is 0.00111. The predicted molar refractivity (Wildman–Crippen MR) is 43.8 cm³/mol. The van der Waals surface area contributed by atoms with Crippen molar-refractivity contribution in [3.05, 3.63) is 36.5 Å². The van der Waals surface area contributed by atoms with Crippen LogP contribution in [0.3, 0.4) is 0 Å². The van der Waals surface area contributed by atoms with Crippen molar-refractivity contribution in [2.75, 3.05) is 0 Å². The van der Waals surface area contributed by atoms with Gasteiger partial charge < -0.3 is 0 Å². The lowest BCUT2D eigenvalue weighted by Gasteiger charge is -1.92. The van der Waals surface area contributed by atoms with Gasteiger partial charge in [0.2, 0.25) is 0 Å². The van der Waals surface area contributed by atoms with Gasteiger partial charge in [-0.3, -0.25) is 4.79 Å². The van der Waals surface area contributed by atoms with Crippen LogP contribution in [0.15, 0.2) is 36.5 Å². The number of allylic oxidation sites excluding steroid dienone is 4. The molecule has 0 saturated carbocycles. The lowest BCUT2D eigenvalue weighted by Crippen LogP contribution is -1.90. The quantitative estimate of drug-likeness (QED) is 0.429. The normalized spacial score (nSPS) is 10.8. The molecule has 0 atom stereocenters. The van der Waals surface area contributed by atoms with E-state index in [0.717, 1.165) is 5.57 Å². The molecule has 0 heterocycles. The van der Waals surface area contributed by atoms with Gasteiger partial charge >= 0.3 is 0 Å². The Hall–Kier alpha value is -1.11. The zero-order valence-corrected chi connectivity index (χ0v) is 6.48. The van der Waals surface area contributed by atoms with Crippen LogP contribution in [0, 0.1) is 0 Å². The number of hydrogen-bond donors (Lipinski definition) is 0. The van der Waals surface area contributed by atoms with Crippen LogP contribution in [0.2, 0.25) is 0 Å². The monoisotopic (exact) mass is 136 g/mol. The van der Waals surface area contributed by atoms with Gasteiger partial charge in [0.1, 0.15) is 0 Å². The molecule has 0 aliphatic carbocycles. The summed E-state index contributed by atoms with van der Waals surface area (Å²) in [5.41, 5.74) is 1.48. The van der Waals surface area contributed by atoms with Crippen LogP contribution in [0.1, 0.15) is 13.8 Å². The van der Waals surface area contributed by atoms with Crippen molar-refractivity contribution in [2.45, 2.75) is 13.8 Å². The van der Waals surface area contributed by atoms with E-state index in [9.17, 15) is 4.79 Å². The summed E-state index contributed by atoms with van der Waals surface area (Å²) < 4.78 is 0. The second kappa shape index (κ2) is 3.83. The van der Waals surface area contributed by atoms with E-state index in [1.165, 1.54) is 6.92 Å². The van der Waals surface area contributed by atoms with Crippen molar-refractivity contribution in [3.63, 3.8) is 0 Å². The topological polar surface area (TPSA) is 17.1 Å². The molecule has 0 aliphatic heterocycles. The van der Waals surface area contributed by atoms with Gasteiger partial charge in [-0.1, -0.05) is 24.8 Å². The average Bonchev–Trinajstić information content (AvgIpc) is 1.87. The van der Waals surface area contributed by atoms with Crippen LogP contribution < -0.4 is 0 Å². The summed E-state index contributed by atoms with van der Waals surface area (Å²) in [6.45, 7) is 10.5. The standard InChI is InChI=1S/C9H12O/c1-5-7(2)6-8(3)9(4)10/h5-6H,1,3H2,2,4H3/b7-6-. The minimum Gasteiger partial charge on any atom is -0.295 e. The first-order valence-corrected chi connectivity index (χ1v) is 3.08. The molecule has 0 N–H and O–H groups in total. The van der Waals surface area contributed by atoms with Gasteiger partial charge in [0.15, 0.2) is 5.78 Å². The summed E-state index contributed by atoms with van der Waals surface area (Å²) in [5, 5.41) is 0. The van der Waals surface area contributed by atoms with Crippen LogP contribution in [-0.4, -0.2) is 5.78 Å². The number of Topliss-reactive ketones (excluding diaryl/α,β-unsaturated/α-hetero) is 1. The highest BCUT2D eigenvalue weighted by Gasteiger charge is 1.94. The summed E-state index contributed by atoms with van der Waals surface area (Å²) >= 11 is 0. The van der Waals surface area contributed by atoms with E-state index in [1.807, 2.05) is 6.92 Å². The number of ketones is 1. The van der Waals surface area contributed by atoms with Crippen molar-refractivity contribution in [1.29, 1.82) is 0 Å². The van der Waals surface area contributed by atoms with Crippen LogP contribution in [0.25, 0.3) is 0 Å². The van der Waals surface area contributed by atoms with Crippen molar-refractivity contribution in [1.82, 2.24) is 0 Å². The Morgan fingerprint density at radius 1 is 1.40 bits per heavy atom. The lowest BCUT2D eigenvalue weighted by molar-refractivity contribution is -0.113. The first-order valence-electron chi connectivity index (χ1n) is 3.08. The van der Waals surface area contributed by atoms with E-state index in [-0.39, 0.29) is 5.78 Å². The van der Waals surface area contributed by atoms with Crippen molar-refractivity contribution < 1.29 is 4.79 Å². The predicted octanol–water partition coefficient (Wildman–Crippen LogP) is 2.26. The molecule has 0 rings (SSSR count). The molecule has 0 radical (unpaired) electrons. The maximum atomic E-state index is 10.6. The zero-order chi connectivity index (χ0) is 8.15. The maximum absolute atomic E-state index is 10.6. The Labute approximate surface area is 61.8 Å². The van der Waals surface area contributed by atoms with Crippen LogP contribution in [-0.2, 0) is 4.79 Å². The van der Waals surface area contributed by atoms with Gasteiger partial charge in [-0.05, 0) is 19.9 Å². The average molecular weight is 136 g/mol. The van der Waals surface area contributed by atoms with Crippen LogP contribution in [0.4, 0.5) is 0 Å². The molecule has 0 saturated heterocycles. The molecule has 0 unspecified atom stereocenters. The lowest BCUT2D eigenvalue weighted by atomic mass is 10.1. The third-order valence-electron chi connectivity index (χ3n) is 1.18. The third-order valence-corrected chi connectivity index (χ3v) is 1.18. The summed E-state index contributed by atoms with van der Waals surface area (Å²) in [7, 11) is 0. The fourth-order valence-electron chi connectivity index (χ4n) is 0.435. The molecular formula is C9H12O. The Kier molecular flexibility index (Phi) is 3.40. The van der Waals surface area contributed by atoms with E-state index >= 15 is 0 Å². The van der Waals surface area contributed by atoms with E-state index in [0.29, 0.717) is 5.57 Å². The summed E-state index contributed by atoms with van der Waals surface area (Å²) in [6, 6.07) is 0. The van der Waals surface area contributed by atoms with Crippen LogP contribution >= 0.6 is 0 Å². The molecule has 1 nitrogen and oxygen atoms in total. The van der Waals surface area contributed by atoms with Gasteiger partial charge in [0.25, 0.3) is 0 Å². The second-order valence-electron chi connectivity index (χ2n) is 2.17.